The van der Waals surface area contributed by atoms with Gasteiger partial charge in [0.1, 0.15) is 24.2 Å². The topological polar surface area (TPSA) is 121 Å². The van der Waals surface area contributed by atoms with Crippen LogP contribution in [0.15, 0.2) is 53.6 Å². The lowest BCUT2D eigenvalue weighted by Gasteiger charge is -2.18. The molecule has 32 heavy (non-hydrogen) atoms. The summed E-state index contributed by atoms with van der Waals surface area (Å²) in [5, 5.41) is 23.4. The number of carboxylic acid groups (broad SMARTS) is 1. The number of hydrogen-bond donors (Lipinski definition) is 4. The number of carbonyl (C=O) groups is 1. The Labute approximate surface area is 189 Å². The number of rotatable bonds is 12. The largest absolute Gasteiger partial charge is 0.490 e. The van der Waals surface area contributed by atoms with Crippen LogP contribution in [0.25, 0.3) is 10.9 Å². The first kappa shape index (κ1) is 23.8. The Morgan fingerprint density at radius 1 is 1.16 bits per heavy atom. The molecule has 0 aliphatic rings. The molecule has 172 valence electrons. The standard InChI is InChI=1S/C23H28N2O6S/c1-15(24-12-17(26)13-30-19-7-3-4-9-21(19)32(2)29)10-16-11-25-23-18(16)6-5-8-20(23)31-14-22(27)28/h3-9,11,15,17,24-26H,10,12-14H2,1-2H3,(H,27,28)/t15-,17+,32?/m1/s1. The smallest absolute Gasteiger partial charge is 0.341 e. The second-order valence-corrected chi connectivity index (χ2v) is 8.90. The van der Waals surface area contributed by atoms with Gasteiger partial charge >= 0.3 is 5.97 Å². The Kier molecular flexibility index (Phi) is 8.26. The van der Waals surface area contributed by atoms with E-state index in [0.29, 0.717) is 29.4 Å². The molecule has 0 saturated carbocycles. The summed E-state index contributed by atoms with van der Waals surface area (Å²) < 4.78 is 22.8. The monoisotopic (exact) mass is 460 g/mol. The molecule has 0 aliphatic carbocycles. The Morgan fingerprint density at radius 2 is 1.91 bits per heavy atom. The molecule has 8 nitrogen and oxygen atoms in total. The molecule has 0 aliphatic heterocycles. The van der Waals surface area contributed by atoms with Crippen LogP contribution in [0.4, 0.5) is 0 Å². The van der Waals surface area contributed by atoms with E-state index >= 15 is 0 Å². The normalized spacial score (nSPS) is 14.1. The predicted octanol–water partition coefficient (Wildman–Crippen LogP) is 2.33. The molecule has 0 amide bonds. The average molecular weight is 461 g/mol. The molecule has 1 unspecified atom stereocenters. The van der Waals surface area contributed by atoms with Crippen molar-refractivity contribution in [3.8, 4) is 11.5 Å². The van der Waals surface area contributed by atoms with Gasteiger partial charge in [-0.15, -0.1) is 0 Å². The van der Waals surface area contributed by atoms with E-state index in [4.69, 9.17) is 14.6 Å². The third-order valence-corrected chi connectivity index (χ3v) is 5.89. The van der Waals surface area contributed by atoms with Gasteiger partial charge in [-0.1, -0.05) is 24.3 Å². The van der Waals surface area contributed by atoms with Gasteiger partial charge in [-0.05, 0) is 37.1 Å². The molecule has 1 heterocycles. The molecule has 0 radical (unpaired) electrons. The quantitative estimate of drug-likeness (QED) is 0.327. The fraction of sp³-hybridized carbons (Fsp3) is 0.348. The van der Waals surface area contributed by atoms with Gasteiger partial charge < -0.3 is 30.0 Å². The number of benzene rings is 2. The lowest BCUT2D eigenvalue weighted by molar-refractivity contribution is -0.139. The molecule has 3 atom stereocenters. The number of aromatic nitrogens is 1. The molecular weight excluding hydrogens is 432 g/mol. The molecule has 0 spiro atoms. The van der Waals surface area contributed by atoms with E-state index in [-0.39, 0.29) is 12.6 Å². The number of hydrogen-bond acceptors (Lipinski definition) is 6. The number of H-pyrrole nitrogens is 1. The van der Waals surface area contributed by atoms with E-state index in [9.17, 15) is 14.1 Å². The van der Waals surface area contributed by atoms with Crippen LogP contribution in [0.1, 0.15) is 12.5 Å². The number of nitrogens with one attached hydrogen (secondary N) is 2. The van der Waals surface area contributed by atoms with Gasteiger partial charge in [-0.3, -0.25) is 4.21 Å². The molecule has 3 rings (SSSR count). The Balaban J connectivity index is 1.52. The predicted molar refractivity (Wildman–Crippen MR) is 123 cm³/mol. The summed E-state index contributed by atoms with van der Waals surface area (Å²) in [7, 11) is -1.17. The Hall–Kier alpha value is -2.88. The van der Waals surface area contributed by atoms with Gasteiger partial charge in [-0.2, -0.15) is 0 Å². The van der Waals surface area contributed by atoms with Gasteiger partial charge in [0.15, 0.2) is 6.61 Å². The third-order valence-electron chi connectivity index (χ3n) is 4.93. The summed E-state index contributed by atoms with van der Waals surface area (Å²) in [6.07, 6.45) is 3.45. The fourth-order valence-electron chi connectivity index (χ4n) is 3.40. The van der Waals surface area contributed by atoms with Crippen LogP contribution in [0.2, 0.25) is 0 Å². The van der Waals surface area contributed by atoms with Crippen molar-refractivity contribution in [1.29, 1.82) is 0 Å². The van der Waals surface area contributed by atoms with Crippen LogP contribution in [-0.2, 0) is 22.0 Å². The molecular formula is C23H28N2O6S. The number of carboxylic acids is 1. The second-order valence-electron chi connectivity index (χ2n) is 7.55. The number of ether oxygens (including phenoxy) is 2. The number of fused-ring (bicyclic) bond motifs is 1. The summed E-state index contributed by atoms with van der Waals surface area (Å²) >= 11 is 0. The average Bonchev–Trinajstić information content (AvgIpc) is 3.18. The molecule has 0 saturated heterocycles. The Morgan fingerprint density at radius 3 is 2.66 bits per heavy atom. The highest BCUT2D eigenvalue weighted by Crippen LogP contribution is 2.28. The number of aliphatic carboxylic acids is 1. The maximum absolute atomic E-state index is 11.8. The highest BCUT2D eigenvalue weighted by Gasteiger charge is 2.14. The van der Waals surface area contributed by atoms with Crippen LogP contribution in [0, 0.1) is 0 Å². The van der Waals surface area contributed by atoms with E-state index < -0.39 is 29.5 Å². The highest BCUT2D eigenvalue weighted by atomic mass is 32.2. The lowest BCUT2D eigenvalue weighted by atomic mass is 10.1. The van der Waals surface area contributed by atoms with Gasteiger partial charge in [0.2, 0.25) is 0 Å². The van der Waals surface area contributed by atoms with E-state index in [1.165, 1.54) is 0 Å². The lowest BCUT2D eigenvalue weighted by Crippen LogP contribution is -2.37. The van der Waals surface area contributed by atoms with E-state index in [1.807, 2.05) is 25.3 Å². The van der Waals surface area contributed by atoms with Gasteiger partial charge in [0.05, 0.1) is 21.2 Å². The minimum atomic E-state index is -1.17. The van der Waals surface area contributed by atoms with E-state index in [1.54, 1.807) is 36.6 Å². The van der Waals surface area contributed by atoms with Gasteiger partial charge in [0.25, 0.3) is 0 Å². The number of aliphatic hydroxyl groups excluding tert-OH is 1. The van der Waals surface area contributed by atoms with Gasteiger partial charge in [0, 0.05) is 30.4 Å². The maximum atomic E-state index is 11.8. The van der Waals surface area contributed by atoms with Crippen molar-refractivity contribution in [2.45, 2.75) is 30.4 Å². The number of para-hydroxylation sites is 2. The first-order valence-electron chi connectivity index (χ1n) is 10.3. The Bertz CT molecular complexity index is 1080. The van der Waals surface area contributed by atoms with Crippen LogP contribution in [-0.4, -0.2) is 63.5 Å². The molecule has 1 aromatic heterocycles. The first-order valence-corrected chi connectivity index (χ1v) is 11.8. The van der Waals surface area contributed by atoms with Crippen molar-refractivity contribution in [2.24, 2.45) is 0 Å². The molecule has 2 aromatic carbocycles. The number of aromatic amines is 1. The first-order chi connectivity index (χ1) is 15.3. The maximum Gasteiger partial charge on any atom is 0.341 e. The summed E-state index contributed by atoms with van der Waals surface area (Å²) in [4.78, 5) is 14.5. The van der Waals surface area contributed by atoms with Crippen LogP contribution in [0.5, 0.6) is 11.5 Å². The SMILES string of the molecule is C[C@H](Cc1c[nH]c2c(OCC(=O)O)cccc12)NC[C@H](O)COc1ccccc1S(C)=O. The zero-order valence-corrected chi connectivity index (χ0v) is 18.9. The minimum absolute atomic E-state index is 0.0719. The van der Waals surface area contributed by atoms with Crippen molar-refractivity contribution in [1.82, 2.24) is 10.3 Å². The summed E-state index contributed by atoms with van der Waals surface area (Å²) in [5.41, 5.74) is 1.82. The summed E-state index contributed by atoms with van der Waals surface area (Å²) in [6.45, 7) is 2.05. The fourth-order valence-corrected chi connectivity index (χ4v) is 4.08. The van der Waals surface area contributed by atoms with E-state index in [2.05, 4.69) is 10.3 Å². The van der Waals surface area contributed by atoms with E-state index in [0.717, 1.165) is 16.5 Å². The van der Waals surface area contributed by atoms with Gasteiger partial charge in [-0.25, -0.2) is 4.79 Å². The summed E-state index contributed by atoms with van der Waals surface area (Å²) in [6, 6.07) is 12.7. The summed E-state index contributed by atoms with van der Waals surface area (Å²) in [5.74, 6) is -0.0154. The molecule has 0 bridgehead atoms. The van der Waals surface area contributed by atoms with Crippen LogP contribution < -0.4 is 14.8 Å². The second kappa shape index (κ2) is 11.1. The molecule has 4 N–H and O–H groups in total. The third kappa shape index (κ3) is 6.32. The minimum Gasteiger partial charge on any atom is -0.490 e. The van der Waals surface area contributed by atoms with Crippen molar-refractivity contribution in [3.05, 3.63) is 54.2 Å². The van der Waals surface area contributed by atoms with Crippen molar-refractivity contribution in [2.75, 3.05) is 26.0 Å². The zero-order chi connectivity index (χ0) is 23.1. The number of aliphatic hydroxyl groups is 1. The molecule has 0 fully saturated rings. The van der Waals surface area contributed by atoms with Crippen LogP contribution >= 0.6 is 0 Å². The molecule has 3 aromatic rings. The van der Waals surface area contributed by atoms with Crippen molar-refractivity contribution < 1.29 is 28.7 Å². The van der Waals surface area contributed by atoms with Crippen molar-refractivity contribution >= 4 is 27.7 Å². The van der Waals surface area contributed by atoms with Crippen LogP contribution in [0.3, 0.4) is 0 Å². The molecule has 9 heteroatoms. The highest BCUT2D eigenvalue weighted by molar-refractivity contribution is 7.84. The van der Waals surface area contributed by atoms with Crippen molar-refractivity contribution in [3.63, 3.8) is 0 Å². The zero-order valence-electron chi connectivity index (χ0n) is 18.0.